The SMILES string of the molecule is Nc1cccc(-n2ccc(C(F)(F)F)n2)c1. The van der Waals surface area contributed by atoms with Gasteiger partial charge in [0.1, 0.15) is 0 Å². The van der Waals surface area contributed by atoms with Crippen LogP contribution in [0, 0.1) is 0 Å². The highest BCUT2D eigenvalue weighted by atomic mass is 19.4. The maximum Gasteiger partial charge on any atom is 0.435 e. The van der Waals surface area contributed by atoms with Crippen LogP contribution in [0.1, 0.15) is 5.69 Å². The van der Waals surface area contributed by atoms with Crippen LogP contribution < -0.4 is 5.73 Å². The summed E-state index contributed by atoms with van der Waals surface area (Å²) in [6.45, 7) is 0. The third-order valence-electron chi connectivity index (χ3n) is 2.01. The molecule has 1 aromatic heterocycles. The fourth-order valence-corrected chi connectivity index (χ4v) is 1.29. The standard InChI is InChI=1S/C10H8F3N3/c11-10(12,13)9-4-5-16(15-9)8-3-1-2-7(14)6-8/h1-6H,14H2. The second kappa shape index (κ2) is 3.55. The fraction of sp³-hybridized carbons (Fsp3) is 0.100. The molecule has 0 unspecified atom stereocenters. The minimum absolute atomic E-state index is 0.474. The van der Waals surface area contributed by atoms with E-state index in [2.05, 4.69) is 5.10 Å². The Hall–Kier alpha value is -1.98. The Labute approximate surface area is 89.3 Å². The lowest BCUT2D eigenvalue weighted by molar-refractivity contribution is -0.141. The number of hydrogen-bond acceptors (Lipinski definition) is 2. The summed E-state index contributed by atoms with van der Waals surface area (Å²) in [4.78, 5) is 0. The Bertz CT molecular complexity index is 502. The number of nitrogens with zero attached hydrogens (tertiary/aromatic N) is 2. The summed E-state index contributed by atoms with van der Waals surface area (Å²) >= 11 is 0. The van der Waals surface area contributed by atoms with Gasteiger partial charge in [-0.25, -0.2) is 4.68 Å². The van der Waals surface area contributed by atoms with Crippen LogP contribution in [-0.2, 0) is 6.18 Å². The highest BCUT2D eigenvalue weighted by molar-refractivity contribution is 5.47. The van der Waals surface area contributed by atoms with Crippen LogP contribution in [0.15, 0.2) is 36.5 Å². The summed E-state index contributed by atoms with van der Waals surface area (Å²) in [5, 5.41) is 3.43. The zero-order valence-corrected chi connectivity index (χ0v) is 8.07. The molecule has 0 bridgehead atoms. The second-order valence-electron chi connectivity index (χ2n) is 3.24. The Morgan fingerprint density at radius 2 is 1.94 bits per heavy atom. The van der Waals surface area contributed by atoms with Crippen molar-refractivity contribution in [2.75, 3.05) is 5.73 Å². The first-order valence-corrected chi connectivity index (χ1v) is 4.45. The number of nitrogen functional groups attached to an aromatic ring is 1. The van der Waals surface area contributed by atoms with Crippen molar-refractivity contribution < 1.29 is 13.2 Å². The number of anilines is 1. The number of rotatable bonds is 1. The molecule has 0 aliphatic rings. The van der Waals surface area contributed by atoms with Crippen LogP contribution >= 0.6 is 0 Å². The molecule has 0 fully saturated rings. The van der Waals surface area contributed by atoms with Gasteiger partial charge in [-0.05, 0) is 24.3 Å². The molecule has 16 heavy (non-hydrogen) atoms. The van der Waals surface area contributed by atoms with Gasteiger partial charge in [0.25, 0.3) is 0 Å². The number of halogens is 3. The molecule has 1 aromatic carbocycles. The molecule has 1 heterocycles. The van der Waals surface area contributed by atoms with E-state index in [0.29, 0.717) is 11.4 Å². The smallest absolute Gasteiger partial charge is 0.399 e. The molecule has 6 heteroatoms. The molecule has 0 spiro atoms. The van der Waals surface area contributed by atoms with Gasteiger partial charge >= 0.3 is 6.18 Å². The summed E-state index contributed by atoms with van der Waals surface area (Å²) in [6, 6.07) is 7.40. The molecule has 0 radical (unpaired) electrons. The van der Waals surface area contributed by atoms with Crippen molar-refractivity contribution in [1.29, 1.82) is 0 Å². The topological polar surface area (TPSA) is 43.8 Å². The van der Waals surface area contributed by atoms with Gasteiger partial charge in [-0.2, -0.15) is 18.3 Å². The van der Waals surface area contributed by atoms with E-state index in [9.17, 15) is 13.2 Å². The predicted octanol–water partition coefficient (Wildman–Crippen LogP) is 2.47. The molecule has 0 saturated carbocycles. The van der Waals surface area contributed by atoms with Crippen molar-refractivity contribution >= 4 is 5.69 Å². The van der Waals surface area contributed by atoms with E-state index in [1.165, 1.54) is 6.20 Å². The largest absolute Gasteiger partial charge is 0.435 e. The van der Waals surface area contributed by atoms with Gasteiger partial charge in [0, 0.05) is 11.9 Å². The summed E-state index contributed by atoms with van der Waals surface area (Å²) in [5.74, 6) is 0. The van der Waals surface area contributed by atoms with Crippen molar-refractivity contribution in [3.8, 4) is 5.69 Å². The van der Waals surface area contributed by atoms with E-state index >= 15 is 0 Å². The lowest BCUT2D eigenvalue weighted by Crippen LogP contribution is -2.07. The number of nitrogens with two attached hydrogens (primary N) is 1. The van der Waals surface area contributed by atoms with Crippen LogP contribution in [0.4, 0.5) is 18.9 Å². The number of aromatic nitrogens is 2. The summed E-state index contributed by atoms with van der Waals surface area (Å²) in [6.07, 6.45) is -3.18. The molecule has 0 amide bonds. The van der Waals surface area contributed by atoms with Gasteiger partial charge < -0.3 is 5.73 Å². The first-order chi connectivity index (χ1) is 7.47. The highest BCUT2D eigenvalue weighted by Gasteiger charge is 2.33. The summed E-state index contributed by atoms with van der Waals surface area (Å²) in [5.41, 5.74) is 5.57. The summed E-state index contributed by atoms with van der Waals surface area (Å²) in [7, 11) is 0. The Morgan fingerprint density at radius 1 is 1.19 bits per heavy atom. The molecular formula is C10H8F3N3. The average Bonchev–Trinajstić information content (AvgIpc) is 2.65. The first kappa shape index (κ1) is 10.5. The number of hydrogen-bond donors (Lipinski definition) is 1. The molecule has 0 aliphatic heterocycles. The third-order valence-corrected chi connectivity index (χ3v) is 2.01. The monoisotopic (exact) mass is 227 g/mol. The zero-order chi connectivity index (χ0) is 11.8. The van der Waals surface area contributed by atoms with Crippen LogP contribution in [-0.4, -0.2) is 9.78 Å². The molecule has 2 N–H and O–H groups in total. The van der Waals surface area contributed by atoms with E-state index < -0.39 is 11.9 Å². The van der Waals surface area contributed by atoms with Crippen LogP contribution in [0.5, 0.6) is 0 Å². The first-order valence-electron chi connectivity index (χ1n) is 4.45. The number of benzene rings is 1. The molecule has 84 valence electrons. The maximum atomic E-state index is 12.3. The van der Waals surface area contributed by atoms with Gasteiger partial charge in [-0.15, -0.1) is 0 Å². The molecule has 3 nitrogen and oxygen atoms in total. The van der Waals surface area contributed by atoms with E-state index in [1.807, 2.05) is 0 Å². The normalized spacial score (nSPS) is 11.7. The lowest BCUT2D eigenvalue weighted by atomic mass is 10.3. The average molecular weight is 227 g/mol. The molecule has 0 saturated heterocycles. The minimum Gasteiger partial charge on any atom is -0.399 e. The number of alkyl halides is 3. The van der Waals surface area contributed by atoms with Crippen molar-refractivity contribution in [1.82, 2.24) is 9.78 Å². The Balaban J connectivity index is 2.39. The third kappa shape index (κ3) is 2.00. The quantitative estimate of drug-likeness (QED) is 0.760. The van der Waals surface area contributed by atoms with Gasteiger partial charge in [0.05, 0.1) is 5.69 Å². The second-order valence-corrected chi connectivity index (χ2v) is 3.24. The van der Waals surface area contributed by atoms with E-state index in [0.717, 1.165) is 10.7 Å². The van der Waals surface area contributed by atoms with E-state index in [4.69, 9.17) is 5.73 Å². The van der Waals surface area contributed by atoms with Crippen molar-refractivity contribution in [2.45, 2.75) is 6.18 Å². The molecule has 0 aliphatic carbocycles. The van der Waals surface area contributed by atoms with Crippen molar-refractivity contribution in [3.05, 3.63) is 42.2 Å². The van der Waals surface area contributed by atoms with Gasteiger partial charge in [0.2, 0.25) is 0 Å². The van der Waals surface area contributed by atoms with Gasteiger partial charge in [-0.3, -0.25) is 0 Å². The summed E-state index contributed by atoms with van der Waals surface area (Å²) < 4.78 is 38.0. The molecule has 2 aromatic rings. The van der Waals surface area contributed by atoms with Crippen molar-refractivity contribution in [2.24, 2.45) is 0 Å². The maximum absolute atomic E-state index is 12.3. The van der Waals surface area contributed by atoms with Gasteiger partial charge in [0.15, 0.2) is 5.69 Å². The predicted molar refractivity (Wildman–Crippen MR) is 53.0 cm³/mol. The minimum atomic E-state index is -4.43. The lowest BCUT2D eigenvalue weighted by Gasteiger charge is -2.03. The highest BCUT2D eigenvalue weighted by Crippen LogP contribution is 2.27. The zero-order valence-electron chi connectivity index (χ0n) is 8.07. The fourth-order valence-electron chi connectivity index (χ4n) is 1.29. The Morgan fingerprint density at radius 3 is 2.50 bits per heavy atom. The molecule has 2 rings (SSSR count). The van der Waals surface area contributed by atoms with Crippen LogP contribution in [0.25, 0.3) is 5.69 Å². The molecular weight excluding hydrogens is 219 g/mol. The molecule has 0 atom stereocenters. The van der Waals surface area contributed by atoms with Crippen molar-refractivity contribution in [3.63, 3.8) is 0 Å². The van der Waals surface area contributed by atoms with E-state index in [1.54, 1.807) is 24.3 Å². The van der Waals surface area contributed by atoms with Gasteiger partial charge in [-0.1, -0.05) is 6.07 Å². The van der Waals surface area contributed by atoms with Crippen LogP contribution in [0.3, 0.4) is 0 Å². The Kier molecular flexibility index (Phi) is 2.34. The van der Waals surface area contributed by atoms with Crippen LogP contribution in [0.2, 0.25) is 0 Å². The van der Waals surface area contributed by atoms with E-state index in [-0.39, 0.29) is 0 Å².